The second kappa shape index (κ2) is 8.23. The number of nitrogens with zero attached hydrogens (tertiary/aromatic N) is 2. The summed E-state index contributed by atoms with van der Waals surface area (Å²) in [5, 5.41) is 0. The third-order valence-electron chi connectivity index (χ3n) is 6.78. The maximum atomic E-state index is 5.69. The molecular weight excluding hydrogens is 396 g/mol. The summed E-state index contributed by atoms with van der Waals surface area (Å²) in [5.41, 5.74) is 4.17. The number of methoxy groups -OCH3 is 3. The Bertz CT molecular complexity index is 910. The largest absolute Gasteiger partial charge is 0.496 e. The predicted molar refractivity (Wildman–Crippen MR) is 122 cm³/mol. The topological polar surface area (TPSA) is 34.2 Å². The molecule has 3 heterocycles. The number of para-hydroxylation sites is 1. The molecule has 6 heteroatoms. The van der Waals surface area contributed by atoms with Gasteiger partial charge in [-0.25, -0.2) is 0 Å². The standard InChI is InChI=1S/C24H30N2O3S/c1-27-16-12-21(28-2)19(22(13-16)29-3)15-25-10-8-20-18(14-25)17-6-4-7-23-24(17)26(20)9-5-11-30-23/h4,6-7,12-13,18,20H,5,8-11,14-15H2,1-3H3/t18-,20-/m0/s1. The molecule has 5 nitrogen and oxygen atoms in total. The molecule has 0 unspecified atom stereocenters. The highest BCUT2D eigenvalue weighted by Crippen LogP contribution is 2.50. The van der Waals surface area contributed by atoms with Crippen LogP contribution in [0.1, 0.15) is 29.9 Å². The fourth-order valence-corrected chi connectivity index (χ4v) is 6.45. The van der Waals surface area contributed by atoms with Crippen molar-refractivity contribution in [3.8, 4) is 17.2 Å². The van der Waals surface area contributed by atoms with Crippen molar-refractivity contribution in [2.45, 2.75) is 36.2 Å². The molecule has 2 atom stereocenters. The van der Waals surface area contributed by atoms with Gasteiger partial charge in [-0.3, -0.25) is 4.90 Å². The van der Waals surface area contributed by atoms with E-state index in [-0.39, 0.29) is 0 Å². The third kappa shape index (κ3) is 3.30. The van der Waals surface area contributed by atoms with Gasteiger partial charge in [0.2, 0.25) is 0 Å². The molecule has 0 spiro atoms. The van der Waals surface area contributed by atoms with E-state index in [4.69, 9.17) is 14.2 Å². The van der Waals surface area contributed by atoms with Crippen molar-refractivity contribution in [2.24, 2.45) is 0 Å². The molecule has 0 saturated carbocycles. The van der Waals surface area contributed by atoms with Crippen LogP contribution in [0.4, 0.5) is 5.69 Å². The summed E-state index contributed by atoms with van der Waals surface area (Å²) in [6.45, 7) is 4.18. The van der Waals surface area contributed by atoms with Gasteiger partial charge in [-0.15, -0.1) is 11.8 Å². The molecule has 5 rings (SSSR count). The zero-order chi connectivity index (χ0) is 20.7. The zero-order valence-corrected chi connectivity index (χ0v) is 18.8. The van der Waals surface area contributed by atoms with Crippen LogP contribution in [0.2, 0.25) is 0 Å². The van der Waals surface area contributed by atoms with E-state index in [1.165, 1.54) is 35.7 Å². The highest BCUT2D eigenvalue weighted by atomic mass is 32.2. The van der Waals surface area contributed by atoms with Gasteiger partial charge in [-0.1, -0.05) is 12.1 Å². The van der Waals surface area contributed by atoms with Crippen LogP contribution >= 0.6 is 11.8 Å². The van der Waals surface area contributed by atoms with E-state index in [1.807, 2.05) is 23.9 Å². The van der Waals surface area contributed by atoms with Gasteiger partial charge in [0.15, 0.2) is 0 Å². The molecule has 3 aliphatic heterocycles. The number of anilines is 1. The van der Waals surface area contributed by atoms with Gasteiger partial charge < -0.3 is 19.1 Å². The summed E-state index contributed by atoms with van der Waals surface area (Å²) in [6, 6.07) is 11.5. The number of likely N-dealkylation sites (tertiary alicyclic amines) is 1. The maximum Gasteiger partial charge on any atom is 0.130 e. The lowest BCUT2D eigenvalue weighted by atomic mass is 9.88. The molecule has 2 aromatic rings. The molecule has 0 amide bonds. The molecule has 30 heavy (non-hydrogen) atoms. The molecule has 0 aliphatic carbocycles. The van der Waals surface area contributed by atoms with Crippen LogP contribution in [0.25, 0.3) is 0 Å². The number of hydrogen-bond acceptors (Lipinski definition) is 6. The Morgan fingerprint density at radius 2 is 1.83 bits per heavy atom. The van der Waals surface area contributed by atoms with Crippen molar-refractivity contribution >= 4 is 17.4 Å². The minimum absolute atomic E-state index is 0.572. The molecule has 3 aliphatic rings. The van der Waals surface area contributed by atoms with Gasteiger partial charge in [-0.2, -0.15) is 0 Å². The number of thioether (sulfide) groups is 1. The van der Waals surface area contributed by atoms with Gasteiger partial charge >= 0.3 is 0 Å². The Morgan fingerprint density at radius 1 is 1.03 bits per heavy atom. The van der Waals surface area contributed by atoms with Gasteiger partial charge in [0.1, 0.15) is 17.2 Å². The van der Waals surface area contributed by atoms with E-state index >= 15 is 0 Å². The molecule has 0 N–H and O–H groups in total. The van der Waals surface area contributed by atoms with Crippen LogP contribution in [-0.4, -0.2) is 57.7 Å². The Balaban J connectivity index is 1.43. The minimum Gasteiger partial charge on any atom is -0.496 e. The molecule has 1 saturated heterocycles. The smallest absolute Gasteiger partial charge is 0.130 e. The van der Waals surface area contributed by atoms with E-state index in [9.17, 15) is 0 Å². The van der Waals surface area contributed by atoms with Crippen LogP contribution in [-0.2, 0) is 6.54 Å². The van der Waals surface area contributed by atoms with Gasteiger partial charge in [-0.05, 0) is 30.2 Å². The quantitative estimate of drug-likeness (QED) is 0.706. The monoisotopic (exact) mass is 426 g/mol. The maximum absolute atomic E-state index is 5.69. The van der Waals surface area contributed by atoms with Crippen LogP contribution in [0, 0.1) is 0 Å². The van der Waals surface area contributed by atoms with E-state index < -0.39 is 0 Å². The predicted octanol–water partition coefficient (Wildman–Crippen LogP) is 4.39. The summed E-state index contributed by atoms with van der Waals surface area (Å²) >= 11 is 2.03. The van der Waals surface area contributed by atoms with Crippen LogP contribution in [0.15, 0.2) is 35.2 Å². The second-order valence-corrected chi connectivity index (χ2v) is 9.43. The van der Waals surface area contributed by atoms with Crippen LogP contribution < -0.4 is 19.1 Å². The Kier molecular flexibility index (Phi) is 5.46. The van der Waals surface area contributed by atoms with Crippen molar-refractivity contribution in [2.75, 3.05) is 51.6 Å². The van der Waals surface area contributed by atoms with Crippen molar-refractivity contribution in [1.82, 2.24) is 4.90 Å². The van der Waals surface area contributed by atoms with Crippen LogP contribution in [0.5, 0.6) is 17.2 Å². The van der Waals surface area contributed by atoms with E-state index in [0.29, 0.717) is 12.0 Å². The Hall–Kier alpha value is -2.05. The lowest BCUT2D eigenvalue weighted by molar-refractivity contribution is 0.182. The summed E-state index contributed by atoms with van der Waals surface area (Å²) in [7, 11) is 5.10. The van der Waals surface area contributed by atoms with Gasteiger partial charge in [0.25, 0.3) is 0 Å². The molecule has 0 aromatic heterocycles. The highest BCUT2D eigenvalue weighted by molar-refractivity contribution is 7.99. The Labute approximate surface area is 183 Å². The second-order valence-electron chi connectivity index (χ2n) is 8.30. The first kappa shape index (κ1) is 19.9. The Morgan fingerprint density at radius 3 is 2.57 bits per heavy atom. The number of ether oxygens (including phenoxy) is 3. The number of hydrogen-bond donors (Lipinski definition) is 0. The number of piperidine rings is 1. The first-order valence-electron chi connectivity index (χ1n) is 10.8. The van der Waals surface area contributed by atoms with Gasteiger partial charge in [0, 0.05) is 55.2 Å². The number of benzene rings is 2. The SMILES string of the molecule is COc1cc(OC)c(CN2CC[C@H]3[C@@H](C2)c2cccc4c2N3CCCS4)c(OC)c1. The normalized spacial score (nSPS) is 22.8. The van der Waals surface area contributed by atoms with E-state index in [1.54, 1.807) is 26.9 Å². The molecule has 2 aromatic carbocycles. The van der Waals surface area contributed by atoms with Crippen molar-refractivity contribution in [3.63, 3.8) is 0 Å². The van der Waals surface area contributed by atoms with Gasteiger partial charge in [0.05, 0.1) is 32.6 Å². The zero-order valence-electron chi connectivity index (χ0n) is 18.0. The molecular formula is C24H30N2O3S. The molecule has 0 radical (unpaired) electrons. The molecule has 1 fully saturated rings. The van der Waals surface area contributed by atoms with Crippen molar-refractivity contribution in [1.29, 1.82) is 0 Å². The van der Waals surface area contributed by atoms with Crippen molar-refractivity contribution in [3.05, 3.63) is 41.5 Å². The average Bonchev–Trinajstić information content (AvgIpc) is 2.94. The molecule has 0 bridgehead atoms. The lowest BCUT2D eigenvalue weighted by Gasteiger charge is -2.39. The van der Waals surface area contributed by atoms with E-state index in [2.05, 4.69) is 28.0 Å². The first-order valence-corrected chi connectivity index (χ1v) is 11.8. The lowest BCUT2D eigenvalue weighted by Crippen LogP contribution is -2.46. The number of fused-ring (bicyclic) bond motifs is 3. The fourth-order valence-electron chi connectivity index (χ4n) is 5.41. The fraction of sp³-hybridized carbons (Fsp3) is 0.500. The summed E-state index contributed by atoms with van der Waals surface area (Å²) in [5.74, 6) is 4.21. The average molecular weight is 427 g/mol. The summed E-state index contributed by atoms with van der Waals surface area (Å²) in [6.07, 6.45) is 2.47. The number of rotatable bonds is 5. The third-order valence-corrected chi connectivity index (χ3v) is 7.91. The summed E-state index contributed by atoms with van der Waals surface area (Å²) in [4.78, 5) is 6.76. The first-order chi connectivity index (χ1) is 14.7. The van der Waals surface area contributed by atoms with Crippen molar-refractivity contribution < 1.29 is 14.2 Å². The molecule has 160 valence electrons. The van der Waals surface area contributed by atoms with Crippen LogP contribution in [0.3, 0.4) is 0 Å². The summed E-state index contributed by atoms with van der Waals surface area (Å²) < 4.78 is 16.8. The highest BCUT2D eigenvalue weighted by Gasteiger charge is 2.43. The minimum atomic E-state index is 0.572. The van der Waals surface area contributed by atoms with E-state index in [0.717, 1.165) is 42.4 Å².